The Hall–Kier alpha value is -2.93. The summed E-state index contributed by atoms with van der Waals surface area (Å²) in [7, 11) is 0. The number of aliphatic hydroxyl groups is 1. The molecule has 7 heteroatoms. The number of nitrogens with zero attached hydrogens (tertiary/aromatic N) is 1. The number of nitro benzene ring substituents is 1. The lowest BCUT2D eigenvalue weighted by Crippen LogP contribution is -2.15. The SMILES string of the molecule is Nc1c(C(=O)Nc2cccc(CO)c2)cccc1[N+](=O)[O-]. The number of nitrogens with one attached hydrogen (secondary N) is 1. The lowest BCUT2D eigenvalue weighted by Gasteiger charge is -2.08. The molecule has 0 atom stereocenters. The molecule has 0 unspecified atom stereocenters. The van der Waals surface area contributed by atoms with Crippen LogP contribution in [0.25, 0.3) is 0 Å². The standard InChI is InChI=1S/C14H13N3O4/c15-13-11(5-2-6-12(13)17(20)21)14(19)16-10-4-1-3-9(7-10)8-18/h1-7,18H,8,15H2,(H,16,19). The van der Waals surface area contributed by atoms with Crippen molar-refractivity contribution in [3.8, 4) is 0 Å². The van der Waals surface area contributed by atoms with Crippen LogP contribution in [-0.2, 0) is 6.61 Å². The van der Waals surface area contributed by atoms with Crippen molar-refractivity contribution in [2.75, 3.05) is 11.1 Å². The zero-order valence-corrected chi connectivity index (χ0v) is 10.9. The fourth-order valence-electron chi connectivity index (χ4n) is 1.86. The highest BCUT2D eigenvalue weighted by molar-refractivity contribution is 6.08. The van der Waals surface area contributed by atoms with Gasteiger partial charge < -0.3 is 16.2 Å². The highest BCUT2D eigenvalue weighted by Gasteiger charge is 2.19. The number of carbonyl (C=O) groups is 1. The molecule has 2 aromatic rings. The summed E-state index contributed by atoms with van der Waals surface area (Å²) >= 11 is 0. The van der Waals surface area contributed by atoms with E-state index in [0.717, 1.165) is 0 Å². The van der Waals surface area contributed by atoms with E-state index in [1.54, 1.807) is 24.3 Å². The zero-order valence-electron chi connectivity index (χ0n) is 10.9. The molecule has 0 saturated carbocycles. The van der Waals surface area contributed by atoms with Crippen molar-refractivity contribution in [3.63, 3.8) is 0 Å². The monoisotopic (exact) mass is 287 g/mol. The highest BCUT2D eigenvalue weighted by Crippen LogP contribution is 2.25. The van der Waals surface area contributed by atoms with Gasteiger partial charge in [0.05, 0.1) is 17.1 Å². The van der Waals surface area contributed by atoms with Gasteiger partial charge in [-0.2, -0.15) is 0 Å². The second-order valence-electron chi connectivity index (χ2n) is 4.31. The van der Waals surface area contributed by atoms with Crippen molar-refractivity contribution in [1.82, 2.24) is 0 Å². The molecule has 0 radical (unpaired) electrons. The predicted octanol–water partition coefficient (Wildman–Crippen LogP) is 1.92. The molecule has 1 amide bonds. The van der Waals surface area contributed by atoms with Gasteiger partial charge in [-0.05, 0) is 23.8 Å². The molecule has 0 aromatic heterocycles. The highest BCUT2D eigenvalue weighted by atomic mass is 16.6. The molecular weight excluding hydrogens is 274 g/mol. The number of nitro groups is 1. The average Bonchev–Trinajstić information content (AvgIpc) is 2.47. The van der Waals surface area contributed by atoms with Crippen molar-refractivity contribution >= 4 is 23.0 Å². The number of para-hydroxylation sites is 1. The van der Waals surface area contributed by atoms with Crippen LogP contribution in [0.3, 0.4) is 0 Å². The van der Waals surface area contributed by atoms with Crippen LogP contribution in [0.15, 0.2) is 42.5 Å². The molecule has 0 aliphatic heterocycles. The fourth-order valence-corrected chi connectivity index (χ4v) is 1.86. The van der Waals surface area contributed by atoms with Crippen molar-refractivity contribution in [2.24, 2.45) is 0 Å². The van der Waals surface area contributed by atoms with E-state index in [1.165, 1.54) is 18.2 Å². The van der Waals surface area contributed by atoms with Crippen molar-refractivity contribution in [1.29, 1.82) is 0 Å². The van der Waals surface area contributed by atoms with Crippen molar-refractivity contribution < 1.29 is 14.8 Å². The van der Waals surface area contributed by atoms with Gasteiger partial charge in [0.15, 0.2) is 0 Å². The van der Waals surface area contributed by atoms with Gasteiger partial charge >= 0.3 is 0 Å². The van der Waals surface area contributed by atoms with E-state index in [-0.39, 0.29) is 23.5 Å². The van der Waals surface area contributed by atoms with E-state index in [1.807, 2.05) is 0 Å². The van der Waals surface area contributed by atoms with Crippen LogP contribution >= 0.6 is 0 Å². The van der Waals surface area contributed by atoms with Crippen LogP contribution in [0.5, 0.6) is 0 Å². The fraction of sp³-hybridized carbons (Fsp3) is 0.0714. The van der Waals surface area contributed by atoms with Gasteiger partial charge in [-0.1, -0.05) is 18.2 Å². The van der Waals surface area contributed by atoms with Crippen LogP contribution in [0.1, 0.15) is 15.9 Å². The first-order valence-electron chi connectivity index (χ1n) is 6.07. The summed E-state index contributed by atoms with van der Waals surface area (Å²) in [5.41, 5.74) is 6.29. The van der Waals surface area contributed by atoms with Crippen molar-refractivity contribution in [3.05, 3.63) is 63.7 Å². The summed E-state index contributed by atoms with van der Waals surface area (Å²) in [6, 6.07) is 10.7. The smallest absolute Gasteiger partial charge is 0.292 e. The first kappa shape index (κ1) is 14.5. The van der Waals surface area contributed by atoms with Crippen LogP contribution in [-0.4, -0.2) is 15.9 Å². The maximum absolute atomic E-state index is 12.1. The summed E-state index contributed by atoms with van der Waals surface area (Å²) < 4.78 is 0. The molecule has 108 valence electrons. The van der Waals surface area contributed by atoms with Gasteiger partial charge in [0.25, 0.3) is 11.6 Å². The molecule has 21 heavy (non-hydrogen) atoms. The number of benzene rings is 2. The van der Waals surface area contributed by atoms with E-state index < -0.39 is 10.8 Å². The number of nitrogen functional groups attached to an aromatic ring is 1. The first-order chi connectivity index (χ1) is 10.0. The number of hydrogen-bond acceptors (Lipinski definition) is 5. The molecule has 0 aliphatic carbocycles. The summed E-state index contributed by atoms with van der Waals surface area (Å²) in [6.07, 6.45) is 0. The third-order valence-corrected chi connectivity index (χ3v) is 2.89. The minimum absolute atomic E-state index is 0.0265. The molecule has 7 nitrogen and oxygen atoms in total. The van der Waals surface area contributed by atoms with Gasteiger partial charge in [-0.25, -0.2) is 0 Å². The third-order valence-electron chi connectivity index (χ3n) is 2.89. The summed E-state index contributed by atoms with van der Waals surface area (Å²) in [5.74, 6) is -0.550. The lowest BCUT2D eigenvalue weighted by atomic mass is 10.1. The van der Waals surface area contributed by atoms with Crippen LogP contribution in [0.4, 0.5) is 17.1 Å². The average molecular weight is 287 g/mol. The van der Waals surface area contributed by atoms with Crippen LogP contribution in [0.2, 0.25) is 0 Å². The molecule has 0 aliphatic rings. The maximum atomic E-state index is 12.1. The Morgan fingerprint density at radius 3 is 2.67 bits per heavy atom. The first-order valence-corrected chi connectivity index (χ1v) is 6.07. The number of anilines is 2. The number of carbonyl (C=O) groups excluding carboxylic acids is 1. The number of hydrogen-bond donors (Lipinski definition) is 3. The molecule has 0 bridgehead atoms. The molecular formula is C14H13N3O4. The van der Waals surface area contributed by atoms with E-state index in [2.05, 4.69) is 5.32 Å². The molecule has 2 rings (SSSR count). The van der Waals surface area contributed by atoms with E-state index in [9.17, 15) is 14.9 Å². The summed E-state index contributed by atoms with van der Waals surface area (Å²) in [6.45, 7) is -0.150. The number of rotatable bonds is 4. The van der Waals surface area contributed by atoms with Crippen LogP contribution in [0, 0.1) is 10.1 Å². The van der Waals surface area contributed by atoms with E-state index >= 15 is 0 Å². The van der Waals surface area contributed by atoms with Crippen LogP contribution < -0.4 is 11.1 Å². The molecule has 0 heterocycles. The molecule has 0 saturated heterocycles. The third kappa shape index (κ3) is 3.15. The second kappa shape index (κ2) is 6.02. The molecule has 2 aromatic carbocycles. The Morgan fingerprint density at radius 1 is 1.29 bits per heavy atom. The van der Waals surface area contributed by atoms with Gasteiger partial charge in [-0.15, -0.1) is 0 Å². The van der Waals surface area contributed by atoms with Gasteiger partial charge in [-0.3, -0.25) is 14.9 Å². The summed E-state index contributed by atoms with van der Waals surface area (Å²) in [5, 5.41) is 22.4. The number of aliphatic hydroxyl groups excluding tert-OH is 1. The Morgan fingerprint density at radius 2 is 2.00 bits per heavy atom. The minimum Gasteiger partial charge on any atom is -0.393 e. The van der Waals surface area contributed by atoms with E-state index in [0.29, 0.717) is 11.3 Å². The number of nitrogens with two attached hydrogens (primary N) is 1. The van der Waals surface area contributed by atoms with Crippen molar-refractivity contribution in [2.45, 2.75) is 6.61 Å². The quantitative estimate of drug-likeness (QED) is 0.451. The Bertz CT molecular complexity index is 700. The topological polar surface area (TPSA) is 118 Å². The van der Waals surface area contributed by atoms with E-state index in [4.69, 9.17) is 10.8 Å². The Balaban J connectivity index is 2.28. The molecule has 0 fully saturated rings. The predicted molar refractivity (Wildman–Crippen MR) is 77.8 cm³/mol. The van der Waals surface area contributed by atoms with Gasteiger partial charge in [0.1, 0.15) is 5.69 Å². The second-order valence-corrected chi connectivity index (χ2v) is 4.31. The summed E-state index contributed by atoms with van der Waals surface area (Å²) in [4.78, 5) is 22.3. The Kier molecular flexibility index (Phi) is 4.15. The zero-order chi connectivity index (χ0) is 15.4. The normalized spacial score (nSPS) is 10.1. The van der Waals surface area contributed by atoms with Gasteiger partial charge in [0, 0.05) is 11.8 Å². The Labute approximate surface area is 120 Å². The largest absolute Gasteiger partial charge is 0.393 e. The molecule has 4 N–H and O–H groups in total. The lowest BCUT2D eigenvalue weighted by molar-refractivity contribution is -0.383. The van der Waals surface area contributed by atoms with Gasteiger partial charge in [0.2, 0.25) is 0 Å². The minimum atomic E-state index is -0.640. The maximum Gasteiger partial charge on any atom is 0.292 e. The molecule has 0 spiro atoms. The number of amides is 1.